The lowest BCUT2D eigenvalue weighted by Crippen LogP contribution is -2.56. The molecule has 0 bridgehead atoms. The third kappa shape index (κ3) is 4.82. The first-order valence-electron chi connectivity index (χ1n) is 6.80. The van der Waals surface area contributed by atoms with Gasteiger partial charge in [0.2, 0.25) is 5.91 Å². The van der Waals surface area contributed by atoms with Crippen LogP contribution in [-0.4, -0.2) is 21.9 Å². The molecule has 0 radical (unpaired) electrons. The molecule has 2 aromatic rings. The quantitative estimate of drug-likeness (QED) is 0.744. The number of thioether (sulfide) groups is 1. The molecule has 1 atom stereocenters. The molecule has 1 aromatic carbocycles. The minimum Gasteiger partial charge on any atom is -0.410 e. The van der Waals surface area contributed by atoms with E-state index in [2.05, 4.69) is 37.2 Å². The molecule has 0 saturated carbocycles. The Labute approximate surface area is 141 Å². The summed E-state index contributed by atoms with van der Waals surface area (Å²) in [6, 6.07) is 7.35. The highest BCUT2D eigenvalue weighted by molar-refractivity contribution is 9.10. The van der Waals surface area contributed by atoms with E-state index in [9.17, 15) is 4.79 Å². The first-order valence-corrected chi connectivity index (χ1v) is 8.58. The lowest BCUT2D eigenvalue weighted by atomic mass is 10.1. The Morgan fingerprint density at radius 1 is 1.36 bits per heavy atom. The van der Waals surface area contributed by atoms with Crippen LogP contribution < -0.4 is 11.1 Å². The Bertz CT molecular complexity index is 630. The largest absolute Gasteiger partial charge is 0.410 e. The van der Waals surface area contributed by atoms with Crippen molar-refractivity contribution in [3.63, 3.8) is 0 Å². The fourth-order valence-electron chi connectivity index (χ4n) is 1.57. The molecule has 1 heterocycles. The smallest absolute Gasteiger partial charge is 0.277 e. The molecule has 1 unspecified atom stereocenters. The standard InChI is InChI=1S/C14H17BrN4O2S/c1-8(2)12(16)13-18-19-14(21-13)22-7-11(20)17-10-5-3-9(15)4-6-10/h3-6,8,12H,7,16H2,1-2H3,(H,17,20)/p+1. The van der Waals surface area contributed by atoms with E-state index in [4.69, 9.17) is 4.42 Å². The lowest BCUT2D eigenvalue weighted by molar-refractivity contribution is -0.443. The second kappa shape index (κ2) is 7.75. The van der Waals surface area contributed by atoms with Gasteiger partial charge in [0.1, 0.15) is 0 Å². The molecule has 4 N–H and O–H groups in total. The zero-order chi connectivity index (χ0) is 16.1. The molecule has 2 rings (SSSR count). The van der Waals surface area contributed by atoms with Crippen molar-refractivity contribution in [3.8, 4) is 0 Å². The molecular weight excluding hydrogens is 368 g/mol. The summed E-state index contributed by atoms with van der Waals surface area (Å²) in [6.45, 7) is 4.08. The first kappa shape index (κ1) is 17.0. The van der Waals surface area contributed by atoms with Crippen molar-refractivity contribution in [2.75, 3.05) is 11.1 Å². The van der Waals surface area contributed by atoms with Gasteiger partial charge in [-0.25, -0.2) is 0 Å². The van der Waals surface area contributed by atoms with Crippen LogP contribution in [0.25, 0.3) is 0 Å². The van der Waals surface area contributed by atoms with Gasteiger partial charge in [0, 0.05) is 16.1 Å². The number of quaternary nitrogens is 1. The van der Waals surface area contributed by atoms with Crippen LogP contribution in [0.15, 0.2) is 38.4 Å². The fraction of sp³-hybridized carbons (Fsp3) is 0.357. The van der Waals surface area contributed by atoms with E-state index in [0.29, 0.717) is 17.0 Å². The van der Waals surface area contributed by atoms with E-state index in [-0.39, 0.29) is 17.7 Å². The number of anilines is 1. The average Bonchev–Trinajstić information content (AvgIpc) is 2.95. The number of halogens is 1. The number of hydrogen-bond acceptors (Lipinski definition) is 5. The van der Waals surface area contributed by atoms with Crippen molar-refractivity contribution >= 4 is 39.3 Å². The van der Waals surface area contributed by atoms with Crippen molar-refractivity contribution in [2.24, 2.45) is 5.92 Å². The maximum atomic E-state index is 11.9. The Morgan fingerprint density at radius 3 is 2.68 bits per heavy atom. The van der Waals surface area contributed by atoms with E-state index in [0.717, 1.165) is 10.2 Å². The maximum Gasteiger partial charge on any atom is 0.277 e. The number of hydrogen-bond donors (Lipinski definition) is 2. The molecule has 0 fully saturated rings. The van der Waals surface area contributed by atoms with Gasteiger partial charge in [-0.15, -0.1) is 10.2 Å². The molecule has 8 heteroatoms. The van der Waals surface area contributed by atoms with Gasteiger partial charge in [-0.2, -0.15) is 0 Å². The summed E-state index contributed by atoms with van der Waals surface area (Å²) in [5.41, 5.74) is 4.74. The number of carbonyl (C=O) groups excluding carboxylic acids is 1. The van der Waals surface area contributed by atoms with Gasteiger partial charge >= 0.3 is 0 Å². The van der Waals surface area contributed by atoms with Gasteiger partial charge in [0.25, 0.3) is 11.1 Å². The number of carbonyl (C=O) groups is 1. The van der Waals surface area contributed by atoms with Gasteiger partial charge < -0.3 is 15.5 Å². The summed E-state index contributed by atoms with van der Waals surface area (Å²) >= 11 is 4.56. The Kier molecular flexibility index (Phi) is 5.98. The molecule has 0 spiro atoms. The van der Waals surface area contributed by atoms with E-state index in [1.807, 2.05) is 38.1 Å². The average molecular weight is 386 g/mol. The molecule has 0 aliphatic carbocycles. The number of nitrogens with zero attached hydrogens (tertiary/aromatic N) is 2. The second-order valence-corrected chi connectivity index (χ2v) is 6.94. The first-order chi connectivity index (χ1) is 10.5. The van der Waals surface area contributed by atoms with Crippen molar-refractivity contribution in [1.29, 1.82) is 0 Å². The fourth-order valence-corrected chi connectivity index (χ4v) is 2.41. The molecule has 118 valence electrons. The highest BCUT2D eigenvalue weighted by Crippen LogP contribution is 2.21. The molecule has 22 heavy (non-hydrogen) atoms. The summed E-state index contributed by atoms with van der Waals surface area (Å²) in [5.74, 6) is 0.910. The predicted octanol–water partition coefficient (Wildman–Crippen LogP) is 2.50. The minimum atomic E-state index is -0.123. The molecule has 0 saturated heterocycles. The Balaban J connectivity index is 1.85. The lowest BCUT2D eigenvalue weighted by Gasteiger charge is -2.06. The summed E-state index contributed by atoms with van der Waals surface area (Å²) in [7, 11) is 0. The number of benzene rings is 1. The van der Waals surface area contributed by atoms with Gasteiger partial charge in [0.15, 0.2) is 6.04 Å². The highest BCUT2D eigenvalue weighted by Gasteiger charge is 2.21. The van der Waals surface area contributed by atoms with Gasteiger partial charge in [0.05, 0.1) is 5.75 Å². The third-order valence-electron chi connectivity index (χ3n) is 3.00. The summed E-state index contributed by atoms with van der Waals surface area (Å²) < 4.78 is 6.48. The van der Waals surface area contributed by atoms with E-state index >= 15 is 0 Å². The van der Waals surface area contributed by atoms with Crippen molar-refractivity contribution in [2.45, 2.75) is 25.1 Å². The van der Waals surface area contributed by atoms with Crippen LogP contribution in [0.1, 0.15) is 25.8 Å². The van der Waals surface area contributed by atoms with E-state index in [1.165, 1.54) is 11.8 Å². The molecular formula is C14H18BrN4O2S+. The number of rotatable bonds is 6. The van der Waals surface area contributed by atoms with Crippen molar-refractivity contribution in [1.82, 2.24) is 10.2 Å². The Hall–Kier alpha value is -1.38. The Morgan fingerprint density at radius 2 is 2.05 bits per heavy atom. The molecule has 1 amide bonds. The van der Waals surface area contributed by atoms with E-state index < -0.39 is 0 Å². The number of nitrogens with one attached hydrogen (secondary N) is 1. The monoisotopic (exact) mass is 385 g/mol. The maximum absolute atomic E-state index is 11.9. The highest BCUT2D eigenvalue weighted by atomic mass is 79.9. The van der Waals surface area contributed by atoms with Crippen LogP contribution in [0, 0.1) is 5.92 Å². The zero-order valence-corrected chi connectivity index (χ0v) is 14.8. The summed E-state index contributed by atoms with van der Waals surface area (Å²) in [6.07, 6.45) is 0. The summed E-state index contributed by atoms with van der Waals surface area (Å²) in [5, 5.41) is 11.1. The van der Waals surface area contributed by atoms with Crippen LogP contribution in [0.2, 0.25) is 0 Å². The SMILES string of the molecule is CC(C)C([NH3+])c1nnc(SCC(=O)Nc2ccc(Br)cc2)o1. The zero-order valence-electron chi connectivity index (χ0n) is 12.4. The van der Waals surface area contributed by atoms with Gasteiger partial charge in [-0.1, -0.05) is 41.5 Å². The van der Waals surface area contributed by atoms with Crippen LogP contribution in [0.4, 0.5) is 5.69 Å². The van der Waals surface area contributed by atoms with Gasteiger partial charge in [-0.05, 0) is 24.3 Å². The predicted molar refractivity (Wildman–Crippen MR) is 88.3 cm³/mol. The second-order valence-electron chi connectivity index (χ2n) is 5.10. The molecule has 1 aromatic heterocycles. The minimum absolute atomic E-state index is 0.0431. The van der Waals surface area contributed by atoms with E-state index in [1.54, 1.807) is 0 Å². The number of aromatic nitrogens is 2. The van der Waals surface area contributed by atoms with Crippen molar-refractivity contribution < 1.29 is 14.9 Å². The normalized spacial score (nSPS) is 12.4. The van der Waals surface area contributed by atoms with Gasteiger partial charge in [-0.3, -0.25) is 4.79 Å². The topological polar surface area (TPSA) is 95.7 Å². The van der Waals surface area contributed by atoms with Crippen LogP contribution in [0.5, 0.6) is 0 Å². The van der Waals surface area contributed by atoms with Crippen LogP contribution >= 0.6 is 27.7 Å². The third-order valence-corrected chi connectivity index (χ3v) is 4.35. The molecule has 0 aliphatic rings. The van der Waals surface area contributed by atoms with Crippen LogP contribution in [0.3, 0.4) is 0 Å². The summed E-state index contributed by atoms with van der Waals surface area (Å²) in [4.78, 5) is 11.9. The van der Waals surface area contributed by atoms with Crippen LogP contribution in [-0.2, 0) is 4.79 Å². The van der Waals surface area contributed by atoms with Crippen molar-refractivity contribution in [3.05, 3.63) is 34.6 Å². The number of amides is 1. The molecule has 6 nitrogen and oxygen atoms in total. The molecule has 0 aliphatic heterocycles.